The van der Waals surface area contributed by atoms with Crippen LogP contribution in [0.3, 0.4) is 0 Å². The molecule has 110 valence electrons. The Bertz CT molecular complexity index is 695. The second kappa shape index (κ2) is 5.69. The number of aliphatic hydroxyl groups is 1. The van der Waals surface area contributed by atoms with Gasteiger partial charge in [0.1, 0.15) is 23.6 Å². The second-order valence-electron chi connectivity index (χ2n) is 5.38. The molecular weight excluding hydrogens is 266 g/mol. The zero-order valence-corrected chi connectivity index (χ0v) is 12.3. The van der Waals surface area contributed by atoms with Crippen LogP contribution in [0.15, 0.2) is 23.8 Å². The van der Waals surface area contributed by atoms with Crippen molar-refractivity contribution in [2.24, 2.45) is 5.92 Å². The Morgan fingerprint density at radius 3 is 2.95 bits per heavy atom. The number of benzene rings is 1. The van der Waals surface area contributed by atoms with E-state index in [1.165, 1.54) is 5.57 Å². The molecule has 5 nitrogen and oxygen atoms in total. The Labute approximate surface area is 123 Å². The van der Waals surface area contributed by atoms with Crippen LogP contribution in [0.1, 0.15) is 19.5 Å². The predicted octanol–water partition coefficient (Wildman–Crippen LogP) is 2.47. The van der Waals surface area contributed by atoms with Crippen LogP contribution in [0.2, 0.25) is 0 Å². The molecule has 0 spiro atoms. The van der Waals surface area contributed by atoms with Gasteiger partial charge in [0.2, 0.25) is 0 Å². The van der Waals surface area contributed by atoms with Crippen LogP contribution >= 0.6 is 0 Å². The van der Waals surface area contributed by atoms with Gasteiger partial charge in [0.15, 0.2) is 5.82 Å². The lowest BCUT2D eigenvalue weighted by Gasteiger charge is -2.20. The van der Waals surface area contributed by atoms with E-state index in [1.54, 1.807) is 0 Å². The highest BCUT2D eigenvalue weighted by molar-refractivity contribution is 5.85. The summed E-state index contributed by atoms with van der Waals surface area (Å²) in [6.45, 7) is 5.38. The first-order chi connectivity index (χ1) is 10.2. The summed E-state index contributed by atoms with van der Waals surface area (Å²) in [5.41, 5.74) is 3.71. The smallest absolute Gasteiger partial charge is 0.153 e. The highest BCUT2D eigenvalue weighted by Gasteiger charge is 2.16. The van der Waals surface area contributed by atoms with Gasteiger partial charge in [-0.2, -0.15) is 0 Å². The Morgan fingerprint density at radius 1 is 1.33 bits per heavy atom. The van der Waals surface area contributed by atoms with Crippen molar-refractivity contribution < 1.29 is 9.84 Å². The third-order valence-electron chi connectivity index (χ3n) is 3.56. The molecule has 0 unspecified atom stereocenters. The van der Waals surface area contributed by atoms with Gasteiger partial charge in [-0.3, -0.25) is 0 Å². The van der Waals surface area contributed by atoms with E-state index in [2.05, 4.69) is 35.2 Å². The van der Waals surface area contributed by atoms with Crippen molar-refractivity contribution in [3.05, 3.63) is 29.5 Å². The number of nitrogens with zero attached hydrogens (tertiary/aromatic N) is 2. The SMILES string of the molecule is CC(C)C1=Cc2nc3cccc(OCCO)c3nc2NC1. The Hall–Kier alpha value is -2.14. The van der Waals surface area contributed by atoms with Gasteiger partial charge in [-0.05, 0) is 29.7 Å². The molecule has 21 heavy (non-hydrogen) atoms. The molecule has 0 amide bonds. The fourth-order valence-electron chi connectivity index (χ4n) is 2.35. The molecule has 1 aliphatic rings. The first-order valence-electron chi connectivity index (χ1n) is 7.18. The van der Waals surface area contributed by atoms with E-state index < -0.39 is 0 Å². The van der Waals surface area contributed by atoms with Gasteiger partial charge in [0.05, 0.1) is 12.1 Å². The van der Waals surface area contributed by atoms with Crippen LogP contribution in [0.4, 0.5) is 5.82 Å². The van der Waals surface area contributed by atoms with Crippen molar-refractivity contribution in [2.75, 3.05) is 25.1 Å². The van der Waals surface area contributed by atoms with Crippen LogP contribution in [0.5, 0.6) is 5.75 Å². The van der Waals surface area contributed by atoms with Gasteiger partial charge >= 0.3 is 0 Å². The lowest BCUT2D eigenvalue weighted by Crippen LogP contribution is -2.16. The van der Waals surface area contributed by atoms with Crippen molar-refractivity contribution >= 4 is 22.9 Å². The fraction of sp³-hybridized carbons (Fsp3) is 0.375. The van der Waals surface area contributed by atoms with Gasteiger partial charge in [-0.15, -0.1) is 0 Å². The van der Waals surface area contributed by atoms with Gasteiger partial charge in [0, 0.05) is 6.54 Å². The molecule has 0 atom stereocenters. The van der Waals surface area contributed by atoms with Crippen LogP contribution in [0, 0.1) is 5.92 Å². The maximum absolute atomic E-state index is 8.89. The summed E-state index contributed by atoms with van der Waals surface area (Å²) in [5.74, 6) is 1.92. The average Bonchev–Trinajstić information content (AvgIpc) is 2.50. The Morgan fingerprint density at radius 2 is 2.19 bits per heavy atom. The molecule has 0 saturated heterocycles. The summed E-state index contributed by atoms with van der Waals surface area (Å²) < 4.78 is 5.52. The number of aliphatic hydroxyl groups excluding tert-OH is 1. The summed E-state index contributed by atoms with van der Waals surface area (Å²) in [6, 6.07) is 5.66. The third kappa shape index (κ3) is 2.69. The van der Waals surface area contributed by atoms with Crippen molar-refractivity contribution in [2.45, 2.75) is 13.8 Å². The summed E-state index contributed by atoms with van der Waals surface area (Å²) in [4.78, 5) is 9.31. The lowest BCUT2D eigenvalue weighted by atomic mass is 10.00. The van der Waals surface area contributed by atoms with E-state index >= 15 is 0 Å². The average molecular weight is 285 g/mol. The minimum atomic E-state index is -0.0203. The van der Waals surface area contributed by atoms with Crippen LogP contribution in [0.25, 0.3) is 17.1 Å². The molecule has 0 aliphatic carbocycles. The van der Waals surface area contributed by atoms with Crippen LogP contribution in [-0.4, -0.2) is 34.8 Å². The molecule has 2 N–H and O–H groups in total. The number of hydrogen-bond acceptors (Lipinski definition) is 5. The standard InChI is InChI=1S/C16H19N3O2/c1-10(2)11-8-13-16(17-9-11)19-15-12(18-13)4-3-5-14(15)21-7-6-20/h3-5,8,10,20H,6-7,9H2,1-2H3,(H,17,19). The molecule has 5 heteroatoms. The molecule has 1 aromatic carbocycles. The summed E-state index contributed by atoms with van der Waals surface area (Å²) in [5, 5.41) is 12.2. The van der Waals surface area contributed by atoms with Gasteiger partial charge in [-0.1, -0.05) is 19.9 Å². The minimum Gasteiger partial charge on any atom is -0.489 e. The number of para-hydroxylation sites is 1. The number of fused-ring (bicyclic) bond motifs is 2. The topological polar surface area (TPSA) is 67.3 Å². The minimum absolute atomic E-state index is 0.0203. The van der Waals surface area contributed by atoms with E-state index in [9.17, 15) is 0 Å². The molecule has 1 aliphatic heterocycles. The van der Waals surface area contributed by atoms with Gasteiger partial charge in [-0.25, -0.2) is 9.97 Å². The van der Waals surface area contributed by atoms with Gasteiger partial charge in [0.25, 0.3) is 0 Å². The Balaban J connectivity index is 2.07. The third-order valence-corrected chi connectivity index (χ3v) is 3.56. The molecule has 2 aromatic rings. The normalized spacial score (nSPS) is 13.8. The largest absolute Gasteiger partial charge is 0.489 e. The number of hydrogen-bond donors (Lipinski definition) is 2. The molecule has 1 aromatic heterocycles. The zero-order chi connectivity index (χ0) is 14.8. The molecule has 0 bridgehead atoms. The van der Waals surface area contributed by atoms with E-state index in [0.717, 1.165) is 29.1 Å². The maximum Gasteiger partial charge on any atom is 0.153 e. The predicted molar refractivity (Wildman–Crippen MR) is 83.4 cm³/mol. The number of ether oxygens (including phenoxy) is 1. The van der Waals surface area contributed by atoms with Gasteiger partial charge < -0.3 is 15.2 Å². The summed E-state index contributed by atoms with van der Waals surface area (Å²) in [6.07, 6.45) is 2.12. The number of aromatic nitrogens is 2. The quantitative estimate of drug-likeness (QED) is 0.903. The number of anilines is 1. The van der Waals surface area contributed by atoms with Crippen molar-refractivity contribution in [1.82, 2.24) is 9.97 Å². The van der Waals surface area contributed by atoms with E-state index in [0.29, 0.717) is 11.7 Å². The number of rotatable bonds is 4. The summed E-state index contributed by atoms with van der Waals surface area (Å²) >= 11 is 0. The van der Waals surface area contributed by atoms with E-state index in [4.69, 9.17) is 9.84 Å². The lowest BCUT2D eigenvalue weighted by molar-refractivity contribution is 0.202. The van der Waals surface area contributed by atoms with E-state index in [1.807, 2.05) is 18.2 Å². The van der Waals surface area contributed by atoms with Crippen molar-refractivity contribution in [3.63, 3.8) is 0 Å². The highest BCUT2D eigenvalue weighted by atomic mass is 16.5. The Kier molecular flexibility index (Phi) is 3.75. The monoisotopic (exact) mass is 285 g/mol. The molecule has 0 radical (unpaired) electrons. The van der Waals surface area contributed by atoms with Crippen LogP contribution in [-0.2, 0) is 0 Å². The van der Waals surface area contributed by atoms with E-state index in [-0.39, 0.29) is 13.2 Å². The first kappa shape index (κ1) is 13.8. The van der Waals surface area contributed by atoms with Crippen LogP contribution < -0.4 is 10.1 Å². The van der Waals surface area contributed by atoms with Crippen molar-refractivity contribution in [1.29, 1.82) is 0 Å². The first-order valence-corrected chi connectivity index (χ1v) is 7.18. The molecule has 2 heterocycles. The molecule has 0 fully saturated rings. The fourth-order valence-corrected chi connectivity index (χ4v) is 2.35. The molecule has 0 saturated carbocycles. The second-order valence-corrected chi connectivity index (χ2v) is 5.38. The maximum atomic E-state index is 8.89. The zero-order valence-electron chi connectivity index (χ0n) is 12.3. The highest BCUT2D eigenvalue weighted by Crippen LogP contribution is 2.29. The molecule has 3 rings (SSSR count). The summed E-state index contributed by atoms with van der Waals surface area (Å²) in [7, 11) is 0. The number of nitrogens with one attached hydrogen (secondary N) is 1. The van der Waals surface area contributed by atoms with Crippen molar-refractivity contribution in [3.8, 4) is 5.75 Å². The molecular formula is C16H19N3O2.